The van der Waals surface area contributed by atoms with Crippen LogP contribution < -0.4 is 5.32 Å². The molecule has 0 radical (unpaired) electrons. The molecule has 1 aromatic rings. The Bertz CT molecular complexity index is 538. The molecule has 1 amide bonds. The van der Waals surface area contributed by atoms with E-state index in [0.717, 1.165) is 30.6 Å². The average Bonchev–Trinajstić information content (AvgIpc) is 3.07. The van der Waals surface area contributed by atoms with E-state index < -0.39 is 0 Å². The Labute approximate surface area is 136 Å². The number of esters is 1. The van der Waals surface area contributed by atoms with Crippen LogP contribution in [0, 0.1) is 12.8 Å². The zero-order chi connectivity index (χ0) is 16.1. The van der Waals surface area contributed by atoms with Crippen LogP contribution in [0.3, 0.4) is 0 Å². The van der Waals surface area contributed by atoms with E-state index >= 15 is 0 Å². The van der Waals surface area contributed by atoms with Gasteiger partial charge in [-0.2, -0.15) is 0 Å². The van der Waals surface area contributed by atoms with Gasteiger partial charge in [-0.15, -0.1) is 11.3 Å². The predicted molar refractivity (Wildman–Crippen MR) is 88.3 cm³/mol. The maximum atomic E-state index is 12.4. The van der Waals surface area contributed by atoms with Crippen molar-refractivity contribution in [2.75, 3.05) is 6.61 Å². The molecule has 0 bridgehead atoms. The third-order valence-corrected chi connectivity index (χ3v) is 5.24. The minimum atomic E-state index is -0.128. The number of carbonyl (C=O) groups is 2. The van der Waals surface area contributed by atoms with Crippen molar-refractivity contribution < 1.29 is 14.3 Å². The second-order valence-electron chi connectivity index (χ2n) is 5.87. The Hall–Kier alpha value is -1.36. The fraction of sp³-hybridized carbons (Fsp3) is 0.647. The van der Waals surface area contributed by atoms with Gasteiger partial charge in [0.05, 0.1) is 17.4 Å². The van der Waals surface area contributed by atoms with Gasteiger partial charge in [-0.25, -0.2) is 0 Å². The lowest BCUT2D eigenvalue weighted by atomic mass is 10.1. The van der Waals surface area contributed by atoms with Crippen LogP contribution >= 0.6 is 11.3 Å². The summed E-state index contributed by atoms with van der Waals surface area (Å²) in [7, 11) is 0. The van der Waals surface area contributed by atoms with Crippen LogP contribution in [-0.4, -0.2) is 24.5 Å². The van der Waals surface area contributed by atoms with Gasteiger partial charge in [-0.1, -0.05) is 13.3 Å². The van der Waals surface area contributed by atoms with Gasteiger partial charge in [0.1, 0.15) is 0 Å². The fourth-order valence-electron chi connectivity index (χ4n) is 2.99. The highest BCUT2D eigenvalue weighted by Crippen LogP contribution is 2.28. The molecule has 4 nitrogen and oxygen atoms in total. The van der Waals surface area contributed by atoms with Crippen LogP contribution in [0.25, 0.3) is 0 Å². The Morgan fingerprint density at radius 2 is 2.14 bits per heavy atom. The van der Waals surface area contributed by atoms with Crippen molar-refractivity contribution in [2.24, 2.45) is 5.92 Å². The molecule has 0 aromatic carbocycles. The summed E-state index contributed by atoms with van der Waals surface area (Å²) >= 11 is 1.56. The molecule has 5 heteroatoms. The molecule has 1 heterocycles. The molecule has 1 aliphatic carbocycles. The van der Waals surface area contributed by atoms with E-state index in [9.17, 15) is 9.59 Å². The molecular weight excluding hydrogens is 298 g/mol. The first-order valence-electron chi connectivity index (χ1n) is 8.11. The summed E-state index contributed by atoms with van der Waals surface area (Å²) in [6.45, 7) is 6.45. The van der Waals surface area contributed by atoms with Gasteiger partial charge >= 0.3 is 5.97 Å². The largest absolute Gasteiger partial charge is 0.466 e. The fourth-order valence-corrected chi connectivity index (χ4v) is 3.97. The number of hydrogen-bond donors (Lipinski definition) is 1. The van der Waals surface area contributed by atoms with Crippen LogP contribution in [0.2, 0.25) is 0 Å². The number of amides is 1. The molecule has 22 heavy (non-hydrogen) atoms. The maximum Gasteiger partial charge on any atom is 0.308 e. The lowest BCUT2D eigenvalue weighted by molar-refractivity contribution is -0.147. The van der Waals surface area contributed by atoms with Crippen LogP contribution in [0.15, 0.2) is 6.07 Å². The summed E-state index contributed by atoms with van der Waals surface area (Å²) in [6.07, 6.45) is 4.44. The van der Waals surface area contributed by atoms with E-state index in [1.165, 1.54) is 10.4 Å². The van der Waals surface area contributed by atoms with Crippen LogP contribution in [0.5, 0.6) is 0 Å². The first-order chi connectivity index (χ1) is 10.5. The second-order valence-corrected chi connectivity index (χ2v) is 7.13. The predicted octanol–water partition coefficient (Wildman–Crippen LogP) is 3.47. The van der Waals surface area contributed by atoms with Crippen molar-refractivity contribution >= 4 is 23.2 Å². The first-order valence-corrected chi connectivity index (χ1v) is 8.93. The van der Waals surface area contributed by atoms with Gasteiger partial charge in [-0.3, -0.25) is 9.59 Å². The molecule has 122 valence electrons. The topological polar surface area (TPSA) is 55.4 Å². The molecular formula is C17H25NO3S. The van der Waals surface area contributed by atoms with Crippen LogP contribution in [0.1, 0.15) is 59.6 Å². The highest BCUT2D eigenvalue weighted by molar-refractivity contribution is 7.14. The van der Waals surface area contributed by atoms with Gasteiger partial charge < -0.3 is 10.1 Å². The SMILES string of the molecule is CCCc1cc(C(=O)N[C@@H]2CC[C@@H](C(=O)OCC)C2)sc1C. The van der Waals surface area contributed by atoms with E-state index in [0.29, 0.717) is 13.0 Å². The molecule has 1 saturated carbocycles. The molecule has 1 N–H and O–H groups in total. The maximum absolute atomic E-state index is 12.4. The Morgan fingerprint density at radius 1 is 1.36 bits per heavy atom. The van der Waals surface area contributed by atoms with Crippen LogP contribution in [-0.2, 0) is 16.0 Å². The molecule has 2 atom stereocenters. The van der Waals surface area contributed by atoms with Crippen molar-refractivity contribution in [2.45, 2.75) is 58.9 Å². The third kappa shape index (κ3) is 4.09. The normalized spacial score (nSPS) is 20.9. The number of thiophene rings is 1. The number of aryl methyl sites for hydroxylation is 2. The molecule has 0 saturated heterocycles. The van der Waals surface area contributed by atoms with Gasteiger partial charge in [0.25, 0.3) is 5.91 Å². The van der Waals surface area contributed by atoms with Crippen molar-refractivity contribution in [1.29, 1.82) is 0 Å². The van der Waals surface area contributed by atoms with Gasteiger partial charge in [-0.05, 0) is 51.2 Å². The number of rotatable bonds is 6. The molecule has 1 fully saturated rings. The monoisotopic (exact) mass is 323 g/mol. The smallest absolute Gasteiger partial charge is 0.308 e. The first kappa shape index (κ1) is 17.0. The van der Waals surface area contributed by atoms with E-state index in [-0.39, 0.29) is 23.8 Å². The Kier molecular flexibility index (Phi) is 6.00. The molecule has 0 aliphatic heterocycles. The lowest BCUT2D eigenvalue weighted by Gasteiger charge is -2.12. The number of carbonyl (C=O) groups excluding carboxylic acids is 2. The van der Waals surface area contributed by atoms with E-state index in [1.54, 1.807) is 11.3 Å². The minimum absolute atomic E-state index is 0.00929. The molecule has 0 unspecified atom stereocenters. The van der Waals surface area contributed by atoms with E-state index in [2.05, 4.69) is 19.2 Å². The lowest BCUT2D eigenvalue weighted by Crippen LogP contribution is -2.33. The van der Waals surface area contributed by atoms with E-state index in [1.807, 2.05) is 13.0 Å². The molecule has 0 spiro atoms. The summed E-state index contributed by atoms with van der Waals surface area (Å²) in [5, 5.41) is 3.07. The average molecular weight is 323 g/mol. The summed E-state index contributed by atoms with van der Waals surface area (Å²) < 4.78 is 5.06. The standard InChI is InChI=1S/C17H25NO3S/c1-4-6-12-10-15(22-11(12)3)16(19)18-14-8-7-13(9-14)17(20)21-5-2/h10,13-14H,4-9H2,1-3H3,(H,18,19)/t13-,14-/m1/s1. The van der Waals surface area contributed by atoms with Crippen molar-refractivity contribution in [3.05, 3.63) is 21.4 Å². The summed E-state index contributed by atoms with van der Waals surface area (Å²) in [5.74, 6) is -0.201. The molecule has 1 aliphatic rings. The van der Waals surface area contributed by atoms with Crippen molar-refractivity contribution in [3.8, 4) is 0 Å². The van der Waals surface area contributed by atoms with Gasteiger partial charge in [0, 0.05) is 10.9 Å². The number of nitrogens with one attached hydrogen (secondary N) is 1. The third-order valence-electron chi connectivity index (χ3n) is 4.15. The number of ether oxygens (including phenoxy) is 1. The highest BCUT2D eigenvalue weighted by atomic mass is 32.1. The zero-order valence-corrected chi connectivity index (χ0v) is 14.4. The summed E-state index contributed by atoms with van der Waals surface area (Å²) in [6, 6.07) is 2.09. The number of hydrogen-bond acceptors (Lipinski definition) is 4. The Morgan fingerprint density at radius 3 is 2.82 bits per heavy atom. The van der Waals surface area contributed by atoms with Crippen molar-refractivity contribution in [3.63, 3.8) is 0 Å². The van der Waals surface area contributed by atoms with Gasteiger partial charge in [0.15, 0.2) is 0 Å². The molecule has 1 aromatic heterocycles. The quantitative estimate of drug-likeness (QED) is 0.816. The highest BCUT2D eigenvalue weighted by Gasteiger charge is 2.32. The van der Waals surface area contributed by atoms with Gasteiger partial charge in [0.2, 0.25) is 0 Å². The minimum Gasteiger partial charge on any atom is -0.466 e. The summed E-state index contributed by atoms with van der Waals surface area (Å²) in [5.41, 5.74) is 1.27. The Balaban J connectivity index is 1.90. The molecule has 2 rings (SSSR count). The van der Waals surface area contributed by atoms with Crippen molar-refractivity contribution in [1.82, 2.24) is 5.32 Å². The summed E-state index contributed by atoms with van der Waals surface area (Å²) in [4.78, 5) is 26.1. The van der Waals surface area contributed by atoms with Crippen LogP contribution in [0.4, 0.5) is 0 Å². The second kappa shape index (κ2) is 7.77. The van der Waals surface area contributed by atoms with E-state index in [4.69, 9.17) is 4.74 Å². The zero-order valence-electron chi connectivity index (χ0n) is 13.6.